The fourth-order valence-electron chi connectivity index (χ4n) is 1.87. The number of hydrogen-bond donors (Lipinski definition) is 2. The van der Waals surface area contributed by atoms with E-state index in [0.29, 0.717) is 11.6 Å². The van der Waals surface area contributed by atoms with E-state index >= 15 is 0 Å². The summed E-state index contributed by atoms with van der Waals surface area (Å²) in [6, 6.07) is 1.83. The number of fused-ring (bicyclic) bond motifs is 1. The van der Waals surface area contributed by atoms with Crippen LogP contribution in [0.25, 0.3) is 0 Å². The number of aromatic nitrogens is 1. The highest BCUT2D eigenvalue weighted by molar-refractivity contribution is 6.54. The average Bonchev–Trinajstić information content (AvgIpc) is 2.59. The zero-order valence-electron chi connectivity index (χ0n) is 8.90. The van der Waals surface area contributed by atoms with Crippen LogP contribution in [0, 0.1) is 0 Å². The van der Waals surface area contributed by atoms with Crippen LogP contribution in [-0.2, 0) is 6.42 Å². The third-order valence-electron chi connectivity index (χ3n) is 2.64. The first-order chi connectivity index (χ1) is 7.13. The van der Waals surface area contributed by atoms with E-state index in [2.05, 4.69) is 4.98 Å². The Labute approximate surface area is 89.0 Å². The molecule has 0 atom stereocenters. The molecule has 1 aromatic heterocycles. The lowest BCUT2D eigenvalue weighted by atomic mass is 9.85. The molecule has 2 heterocycles. The molecule has 0 bridgehead atoms. The van der Waals surface area contributed by atoms with Crippen LogP contribution in [0.3, 0.4) is 0 Å². The molecular formula is C9H14BN3O2. The van der Waals surface area contributed by atoms with Crippen molar-refractivity contribution in [3.8, 4) is 5.75 Å². The molecule has 0 unspecified atom stereocenters. The Morgan fingerprint density at radius 1 is 1.67 bits per heavy atom. The molecule has 0 amide bonds. The molecule has 3 N–H and O–H groups in total. The van der Waals surface area contributed by atoms with Crippen molar-refractivity contribution in [3.05, 3.63) is 11.8 Å². The van der Waals surface area contributed by atoms with Crippen LogP contribution in [0.15, 0.2) is 6.07 Å². The fourth-order valence-corrected chi connectivity index (χ4v) is 1.87. The van der Waals surface area contributed by atoms with E-state index in [-0.39, 0.29) is 0 Å². The van der Waals surface area contributed by atoms with Gasteiger partial charge in [0.15, 0.2) is 11.6 Å². The molecule has 0 saturated heterocycles. The molecule has 0 fully saturated rings. The predicted molar refractivity (Wildman–Crippen MR) is 60.1 cm³/mol. The van der Waals surface area contributed by atoms with Crippen LogP contribution in [0.1, 0.15) is 5.69 Å². The molecule has 1 aromatic rings. The lowest BCUT2D eigenvalue weighted by Crippen LogP contribution is -2.35. The minimum absolute atomic E-state index is 0.406. The number of methoxy groups -OCH3 is 1. The number of nitrogens with zero attached hydrogens (tertiary/aromatic N) is 2. The molecule has 0 radical (unpaired) electrons. The summed E-state index contributed by atoms with van der Waals surface area (Å²) in [6.45, 7) is 2.50. The molecular weight excluding hydrogens is 193 g/mol. The molecule has 15 heavy (non-hydrogen) atoms. The lowest BCUT2D eigenvalue weighted by molar-refractivity contribution is 0.415. The summed E-state index contributed by atoms with van der Waals surface area (Å²) in [7, 11) is 1.04. The second-order valence-electron chi connectivity index (χ2n) is 3.62. The van der Waals surface area contributed by atoms with Crippen molar-refractivity contribution >= 4 is 18.6 Å². The van der Waals surface area contributed by atoms with Crippen LogP contribution >= 0.6 is 0 Å². The number of nitrogens with two attached hydrogens (primary N) is 1. The number of ether oxygens (including phenoxy) is 1. The molecule has 6 heteroatoms. The first kappa shape index (κ1) is 10.1. The molecule has 2 rings (SSSR count). The first-order valence-electron chi connectivity index (χ1n) is 4.91. The predicted octanol–water partition coefficient (Wildman–Crippen LogP) is 0.145. The molecule has 80 valence electrons. The van der Waals surface area contributed by atoms with Crippen LogP contribution in [0.5, 0.6) is 5.75 Å². The van der Waals surface area contributed by atoms with Crippen LogP contribution in [-0.4, -0.2) is 30.7 Å². The Hall–Kier alpha value is -1.43. The number of pyridine rings is 1. The van der Waals surface area contributed by atoms with Crippen LogP contribution < -0.4 is 15.3 Å². The van der Waals surface area contributed by atoms with E-state index in [1.807, 2.05) is 10.9 Å². The SMILES string of the molecule is COc1cc2c(nc1N)CCN2B(C)O. The summed E-state index contributed by atoms with van der Waals surface area (Å²) in [5.41, 5.74) is 7.55. The Morgan fingerprint density at radius 3 is 3.00 bits per heavy atom. The Kier molecular flexibility index (Phi) is 2.44. The maximum atomic E-state index is 9.56. The van der Waals surface area contributed by atoms with Gasteiger partial charge in [0, 0.05) is 19.0 Å². The van der Waals surface area contributed by atoms with E-state index in [0.717, 1.165) is 24.3 Å². The monoisotopic (exact) mass is 207 g/mol. The minimum atomic E-state index is -0.513. The molecule has 1 aliphatic heterocycles. The van der Waals surface area contributed by atoms with Crippen molar-refractivity contribution in [2.75, 3.05) is 24.2 Å². The van der Waals surface area contributed by atoms with Gasteiger partial charge < -0.3 is 20.3 Å². The van der Waals surface area contributed by atoms with Gasteiger partial charge in [0.1, 0.15) is 0 Å². The van der Waals surface area contributed by atoms with Gasteiger partial charge in [0.2, 0.25) is 0 Å². The van der Waals surface area contributed by atoms with Crippen molar-refractivity contribution in [1.29, 1.82) is 0 Å². The number of anilines is 2. The van der Waals surface area contributed by atoms with Gasteiger partial charge in [-0.05, 0) is 6.82 Å². The Balaban J connectivity index is 2.44. The van der Waals surface area contributed by atoms with Gasteiger partial charge in [0.05, 0.1) is 18.5 Å². The third-order valence-corrected chi connectivity index (χ3v) is 2.64. The number of hydrogen-bond acceptors (Lipinski definition) is 5. The summed E-state index contributed by atoms with van der Waals surface area (Å²) in [4.78, 5) is 6.14. The van der Waals surface area contributed by atoms with Gasteiger partial charge >= 0.3 is 7.05 Å². The highest BCUT2D eigenvalue weighted by Crippen LogP contribution is 2.33. The van der Waals surface area contributed by atoms with Gasteiger partial charge in [-0.15, -0.1) is 0 Å². The summed E-state index contributed by atoms with van der Waals surface area (Å²) in [5.74, 6) is 0.963. The van der Waals surface area contributed by atoms with E-state index in [4.69, 9.17) is 10.5 Å². The van der Waals surface area contributed by atoms with E-state index in [9.17, 15) is 5.02 Å². The Morgan fingerprint density at radius 2 is 2.40 bits per heavy atom. The highest BCUT2D eigenvalue weighted by atomic mass is 16.5. The molecule has 5 nitrogen and oxygen atoms in total. The largest absolute Gasteiger partial charge is 0.493 e. The van der Waals surface area contributed by atoms with Crippen LogP contribution in [0.4, 0.5) is 11.5 Å². The third kappa shape index (κ3) is 1.61. The summed E-state index contributed by atoms with van der Waals surface area (Å²) >= 11 is 0. The standard InChI is InChI=1S/C9H14BN3O2/c1-10(14)13-4-3-6-7(13)5-8(15-2)9(11)12-6/h5,14H,3-4H2,1-2H3,(H2,11,12). The highest BCUT2D eigenvalue weighted by Gasteiger charge is 2.27. The second-order valence-corrected chi connectivity index (χ2v) is 3.62. The summed E-state index contributed by atoms with van der Waals surface area (Å²) < 4.78 is 5.10. The van der Waals surface area contributed by atoms with Crippen molar-refractivity contribution in [2.24, 2.45) is 0 Å². The molecule has 0 aliphatic carbocycles. The number of nitrogen functional groups attached to an aromatic ring is 1. The zero-order valence-corrected chi connectivity index (χ0v) is 8.90. The molecule has 0 aromatic carbocycles. The van der Waals surface area contributed by atoms with Crippen molar-refractivity contribution < 1.29 is 9.76 Å². The minimum Gasteiger partial charge on any atom is -0.493 e. The van der Waals surface area contributed by atoms with Crippen molar-refractivity contribution in [2.45, 2.75) is 13.2 Å². The van der Waals surface area contributed by atoms with Gasteiger partial charge in [-0.2, -0.15) is 0 Å². The summed E-state index contributed by atoms with van der Waals surface area (Å²) in [5, 5.41) is 9.56. The van der Waals surface area contributed by atoms with Gasteiger partial charge in [-0.25, -0.2) is 4.98 Å². The Bertz CT molecular complexity index is 384. The van der Waals surface area contributed by atoms with Crippen LogP contribution in [0.2, 0.25) is 6.82 Å². The quantitative estimate of drug-likeness (QED) is 0.675. The maximum Gasteiger partial charge on any atom is 0.409 e. The van der Waals surface area contributed by atoms with Gasteiger partial charge in [0.25, 0.3) is 0 Å². The average molecular weight is 207 g/mol. The lowest BCUT2D eigenvalue weighted by Gasteiger charge is -2.20. The zero-order chi connectivity index (χ0) is 11.0. The molecule has 1 aliphatic rings. The van der Waals surface area contributed by atoms with E-state index < -0.39 is 7.05 Å². The van der Waals surface area contributed by atoms with Crippen molar-refractivity contribution in [3.63, 3.8) is 0 Å². The molecule has 0 spiro atoms. The van der Waals surface area contributed by atoms with E-state index in [1.165, 1.54) is 0 Å². The second kappa shape index (κ2) is 3.62. The molecule has 0 saturated carbocycles. The number of rotatable bonds is 2. The topological polar surface area (TPSA) is 71.6 Å². The first-order valence-corrected chi connectivity index (χ1v) is 4.91. The van der Waals surface area contributed by atoms with Crippen molar-refractivity contribution in [1.82, 2.24) is 4.98 Å². The van der Waals surface area contributed by atoms with Gasteiger partial charge in [-0.1, -0.05) is 0 Å². The summed E-state index contributed by atoms with van der Waals surface area (Å²) in [6.07, 6.45) is 0.814. The maximum absolute atomic E-state index is 9.56. The van der Waals surface area contributed by atoms with Gasteiger partial charge in [-0.3, -0.25) is 0 Å². The normalized spacial score (nSPS) is 13.9. The van der Waals surface area contributed by atoms with E-state index in [1.54, 1.807) is 13.9 Å². The smallest absolute Gasteiger partial charge is 0.409 e. The fraction of sp³-hybridized carbons (Fsp3) is 0.444.